The van der Waals surface area contributed by atoms with Crippen LogP contribution in [0, 0.1) is 0 Å². The second-order valence-electron chi connectivity index (χ2n) is 1.65. The fourth-order valence-electron chi connectivity index (χ4n) is 0.141. The van der Waals surface area contributed by atoms with Gasteiger partial charge in [-0.05, 0) is 6.92 Å². The van der Waals surface area contributed by atoms with E-state index in [9.17, 15) is 0 Å². The highest BCUT2D eigenvalue weighted by molar-refractivity contribution is 6.34. The fraction of sp³-hybridized carbons (Fsp3) is 1.00. The lowest BCUT2D eigenvalue weighted by Gasteiger charge is -2.17. The molecule has 2 nitrogen and oxygen atoms in total. The van der Waals surface area contributed by atoms with E-state index in [-0.39, 0.29) is 11.4 Å². The van der Waals surface area contributed by atoms with Crippen molar-refractivity contribution in [1.29, 1.82) is 0 Å². The van der Waals surface area contributed by atoms with Gasteiger partial charge in [0.05, 0.1) is 5.38 Å². The normalized spacial score (nSPS) is 19.7. The smallest absolute Gasteiger partial charge is 0.153 e. The molecule has 2 unspecified atom stereocenters. The van der Waals surface area contributed by atoms with Gasteiger partial charge in [0.2, 0.25) is 0 Å². The summed E-state index contributed by atoms with van der Waals surface area (Å²) < 4.78 is 0. The lowest BCUT2D eigenvalue weighted by Crippen LogP contribution is -2.29. The van der Waals surface area contributed by atoms with Crippen molar-refractivity contribution in [3.63, 3.8) is 0 Å². The Bertz CT molecular complexity index is 70.7. The summed E-state index contributed by atoms with van der Waals surface area (Å²) in [6.07, 6.45) is 0. The third-order valence-corrected chi connectivity index (χ3v) is 2.13. The van der Waals surface area contributed by atoms with Gasteiger partial charge in [-0.2, -0.15) is 0 Å². The number of hydrogen-bond donors (Lipinski definition) is 1. The predicted octanol–water partition coefficient (Wildman–Crippen LogP) is 0.955. The van der Waals surface area contributed by atoms with Crippen molar-refractivity contribution in [2.75, 3.05) is 5.88 Å². The molecule has 0 aliphatic carbocycles. The van der Waals surface area contributed by atoms with E-state index >= 15 is 0 Å². The molecule has 2 atom stereocenters. The maximum Gasteiger partial charge on any atom is 0.153 e. The molecule has 0 aromatic rings. The molecule has 0 heterocycles. The van der Waals surface area contributed by atoms with Crippen molar-refractivity contribution in [3.05, 3.63) is 0 Å². The van der Waals surface area contributed by atoms with Gasteiger partial charge in [-0.15, -0.1) is 23.2 Å². The minimum Gasteiger partial charge on any atom is -0.412 e. The van der Waals surface area contributed by atoms with Crippen molar-refractivity contribution in [2.45, 2.75) is 17.4 Å². The van der Waals surface area contributed by atoms with Crippen LogP contribution in [0.5, 0.6) is 0 Å². The molecular weight excluding hydrogens is 186 g/mol. The van der Waals surface area contributed by atoms with Gasteiger partial charge >= 0.3 is 0 Å². The summed E-state index contributed by atoms with van der Waals surface area (Å²) in [6.45, 7) is 1.40. The molecule has 9 heavy (non-hydrogen) atoms. The first-order chi connectivity index (χ1) is 3.48. The number of hydrogen-bond acceptors (Lipinski definition) is 1. The van der Waals surface area contributed by atoms with E-state index in [0.717, 1.165) is 0 Å². The number of rotatable bonds is 2. The average Bonchev–Trinajstić information content (AvgIpc) is 1.62. The Morgan fingerprint density at radius 1 is 1.67 bits per heavy atom. The first-order valence-corrected chi connectivity index (χ1v) is 3.44. The third kappa shape index (κ3) is 5.25. The van der Waals surface area contributed by atoms with Crippen molar-refractivity contribution < 1.29 is 10.6 Å². The molecule has 0 amide bonds. The van der Waals surface area contributed by atoms with Gasteiger partial charge < -0.3 is 10.6 Å². The summed E-state index contributed by atoms with van der Waals surface area (Å²) >= 11 is 16.0. The molecule has 0 bridgehead atoms. The third-order valence-electron chi connectivity index (χ3n) is 0.707. The van der Waals surface area contributed by atoms with E-state index < -0.39 is 10.4 Å². The molecule has 3 N–H and O–H groups in total. The number of aliphatic hydroxyl groups is 1. The largest absolute Gasteiger partial charge is 0.412 e. The summed E-state index contributed by atoms with van der Waals surface area (Å²) in [5.41, 5.74) is 0. The van der Waals surface area contributed by atoms with Crippen LogP contribution in [0.15, 0.2) is 0 Å². The number of halogens is 3. The molecule has 0 aliphatic heterocycles. The van der Waals surface area contributed by atoms with Crippen molar-refractivity contribution in [3.8, 4) is 0 Å². The topological polar surface area (TPSA) is 51.7 Å². The molecule has 0 spiro atoms. The van der Waals surface area contributed by atoms with Gasteiger partial charge in [-0.25, -0.2) is 0 Å². The fourth-order valence-corrected chi connectivity index (χ4v) is 0.597. The highest BCUT2D eigenvalue weighted by Gasteiger charge is 2.25. The van der Waals surface area contributed by atoms with Crippen LogP contribution in [0.1, 0.15) is 6.92 Å². The second-order valence-corrected chi connectivity index (χ2v) is 3.25. The van der Waals surface area contributed by atoms with E-state index in [0.29, 0.717) is 0 Å². The molecule has 0 saturated heterocycles. The predicted molar refractivity (Wildman–Crippen MR) is 40.5 cm³/mol. The van der Waals surface area contributed by atoms with Gasteiger partial charge in [0.1, 0.15) is 0 Å². The highest BCUT2D eigenvalue weighted by Crippen LogP contribution is 2.20. The van der Waals surface area contributed by atoms with E-state index in [2.05, 4.69) is 0 Å². The summed E-state index contributed by atoms with van der Waals surface area (Å²) in [6, 6.07) is 0. The highest BCUT2D eigenvalue weighted by atomic mass is 35.5. The second kappa shape index (κ2) is 4.58. The van der Waals surface area contributed by atoms with Crippen LogP contribution in [-0.4, -0.2) is 26.9 Å². The lowest BCUT2D eigenvalue weighted by atomic mass is 10.3. The molecule has 0 saturated carbocycles. The van der Waals surface area contributed by atoms with E-state index in [1.165, 1.54) is 6.92 Å². The summed E-state index contributed by atoms with van der Waals surface area (Å²) in [7, 11) is 0. The first kappa shape index (κ1) is 12.5. The molecule has 0 aromatic heterocycles. The standard InChI is InChI=1S/C4H7Cl3O.H2O/c1-4(7,8)3(6)2-5;/h3,8H,2H2,1H3;1H2. The van der Waals surface area contributed by atoms with Gasteiger partial charge in [-0.3, -0.25) is 0 Å². The Morgan fingerprint density at radius 2 is 2.00 bits per heavy atom. The Balaban J connectivity index is 0. The zero-order valence-electron chi connectivity index (χ0n) is 4.87. The van der Waals surface area contributed by atoms with E-state index in [4.69, 9.17) is 39.9 Å². The summed E-state index contributed by atoms with van der Waals surface area (Å²) in [4.78, 5) is 0. The first-order valence-electron chi connectivity index (χ1n) is 2.09. The minimum atomic E-state index is -1.39. The molecule has 0 aliphatic rings. The van der Waals surface area contributed by atoms with Crippen LogP contribution >= 0.6 is 34.8 Å². The molecule has 0 rings (SSSR count). The zero-order chi connectivity index (χ0) is 6.78. The Morgan fingerprint density at radius 3 is 2.00 bits per heavy atom. The maximum atomic E-state index is 8.84. The monoisotopic (exact) mass is 194 g/mol. The van der Waals surface area contributed by atoms with E-state index in [1.807, 2.05) is 0 Å². The molecule has 0 radical (unpaired) electrons. The lowest BCUT2D eigenvalue weighted by molar-refractivity contribution is 0.150. The molecular formula is C4H9Cl3O2. The van der Waals surface area contributed by atoms with Crippen molar-refractivity contribution >= 4 is 34.8 Å². The van der Waals surface area contributed by atoms with Crippen molar-refractivity contribution in [2.24, 2.45) is 0 Å². The van der Waals surface area contributed by atoms with Gasteiger partial charge in [0.15, 0.2) is 5.06 Å². The van der Waals surface area contributed by atoms with Crippen LogP contribution in [0.2, 0.25) is 0 Å². The molecule has 58 valence electrons. The quantitative estimate of drug-likeness (QED) is 0.656. The van der Waals surface area contributed by atoms with Crippen LogP contribution < -0.4 is 0 Å². The summed E-state index contributed by atoms with van der Waals surface area (Å²) in [5, 5.41) is 6.86. The molecule has 0 aromatic carbocycles. The van der Waals surface area contributed by atoms with Gasteiger partial charge in [0.25, 0.3) is 0 Å². The Hall–Kier alpha value is 0.790. The van der Waals surface area contributed by atoms with Crippen LogP contribution in [0.3, 0.4) is 0 Å². The number of alkyl halides is 3. The van der Waals surface area contributed by atoms with Gasteiger partial charge in [0, 0.05) is 5.88 Å². The summed E-state index contributed by atoms with van der Waals surface area (Å²) in [5.74, 6) is 0.151. The zero-order valence-corrected chi connectivity index (χ0v) is 7.13. The Kier molecular flexibility index (Phi) is 6.35. The maximum absolute atomic E-state index is 8.84. The van der Waals surface area contributed by atoms with Crippen LogP contribution in [-0.2, 0) is 0 Å². The van der Waals surface area contributed by atoms with Crippen molar-refractivity contribution in [1.82, 2.24) is 0 Å². The van der Waals surface area contributed by atoms with Crippen LogP contribution in [0.25, 0.3) is 0 Å². The Labute approximate surface area is 69.0 Å². The van der Waals surface area contributed by atoms with Crippen LogP contribution in [0.4, 0.5) is 0 Å². The SMILES string of the molecule is CC(O)(Cl)C(Cl)CCl.O. The average molecular weight is 195 g/mol. The van der Waals surface area contributed by atoms with E-state index in [1.54, 1.807) is 0 Å². The van der Waals surface area contributed by atoms with Gasteiger partial charge in [-0.1, -0.05) is 11.6 Å². The molecule has 0 fully saturated rings. The molecule has 5 heteroatoms. The minimum absolute atomic E-state index is 0.